The van der Waals surface area contributed by atoms with Gasteiger partial charge in [0.1, 0.15) is 0 Å². The molecule has 0 unspecified atom stereocenters. The number of anilines is 6. The number of carbonyl (C=O) groups is 2. The number of rotatable bonds is 6. The van der Waals surface area contributed by atoms with Gasteiger partial charge >= 0.3 is 0 Å². The molecule has 0 saturated carbocycles. The summed E-state index contributed by atoms with van der Waals surface area (Å²) in [4.78, 5) is 30.9. The van der Waals surface area contributed by atoms with E-state index in [1.807, 2.05) is 97.1 Å². The van der Waals surface area contributed by atoms with Crippen LogP contribution in [0.2, 0.25) is 0 Å². The Bertz CT molecular complexity index is 1680. The smallest absolute Gasteiger partial charge is 0.234 e. The van der Waals surface area contributed by atoms with Gasteiger partial charge in [0.05, 0.1) is 0 Å². The first-order chi connectivity index (χ1) is 20.7. The summed E-state index contributed by atoms with van der Waals surface area (Å²) >= 11 is 0. The van der Waals surface area contributed by atoms with Crippen molar-refractivity contribution in [1.29, 1.82) is 0 Å². The highest BCUT2D eigenvalue weighted by Gasteiger charge is 2.32. The van der Waals surface area contributed by atoms with Gasteiger partial charge < -0.3 is 9.80 Å². The van der Waals surface area contributed by atoms with Gasteiger partial charge in [0.25, 0.3) is 0 Å². The number of ketones is 2. The number of nitrogens with zero attached hydrogens (tertiary/aromatic N) is 2. The fourth-order valence-electron chi connectivity index (χ4n) is 5.63. The molecule has 0 aromatic heterocycles. The highest BCUT2D eigenvalue weighted by Crippen LogP contribution is 2.43. The molecular formula is C38H26N2O2. The number of fused-ring (bicyclic) bond motifs is 3. The molecule has 6 aromatic carbocycles. The van der Waals surface area contributed by atoms with Crippen molar-refractivity contribution in [3.05, 3.63) is 169 Å². The van der Waals surface area contributed by atoms with Crippen LogP contribution in [0.3, 0.4) is 0 Å². The molecule has 4 heteroatoms. The fraction of sp³-hybridized carbons (Fsp3) is 0. The molecule has 200 valence electrons. The van der Waals surface area contributed by atoms with Crippen LogP contribution in [0.1, 0.15) is 20.7 Å². The predicted molar refractivity (Wildman–Crippen MR) is 170 cm³/mol. The Labute approximate surface area is 244 Å². The summed E-state index contributed by atoms with van der Waals surface area (Å²) < 4.78 is 0. The summed E-state index contributed by atoms with van der Waals surface area (Å²) in [7, 11) is 0. The van der Waals surface area contributed by atoms with Crippen molar-refractivity contribution >= 4 is 45.7 Å². The van der Waals surface area contributed by atoms with Gasteiger partial charge in [0.2, 0.25) is 11.6 Å². The number of carbonyl (C=O) groups excluding carboxylic acids is 2. The van der Waals surface area contributed by atoms with Crippen molar-refractivity contribution < 1.29 is 9.59 Å². The second-order valence-electron chi connectivity index (χ2n) is 10.1. The van der Waals surface area contributed by atoms with E-state index in [9.17, 15) is 9.59 Å². The van der Waals surface area contributed by atoms with E-state index >= 15 is 0 Å². The number of Topliss-reactive ketones (excluding diaryl/α,β-unsaturated/α-hetero) is 2. The van der Waals surface area contributed by atoms with Crippen LogP contribution in [0, 0.1) is 0 Å². The molecule has 0 amide bonds. The van der Waals surface area contributed by atoms with Gasteiger partial charge in [0, 0.05) is 45.3 Å². The molecule has 7 rings (SSSR count). The Balaban J connectivity index is 1.42. The summed E-state index contributed by atoms with van der Waals surface area (Å²) in [5.41, 5.74) is 8.09. The van der Waals surface area contributed by atoms with Gasteiger partial charge in [-0.3, -0.25) is 9.59 Å². The molecule has 0 heterocycles. The van der Waals surface area contributed by atoms with E-state index in [2.05, 4.69) is 58.3 Å². The Hall–Kier alpha value is -5.74. The van der Waals surface area contributed by atoms with Crippen LogP contribution in [-0.4, -0.2) is 11.6 Å². The van der Waals surface area contributed by atoms with Crippen molar-refractivity contribution in [3.63, 3.8) is 0 Å². The van der Waals surface area contributed by atoms with Crippen LogP contribution in [0.5, 0.6) is 0 Å². The van der Waals surface area contributed by atoms with Crippen LogP contribution in [0.25, 0.3) is 11.1 Å². The minimum atomic E-state index is -0.481. The molecule has 0 N–H and O–H groups in total. The normalized spacial score (nSPS) is 11.9. The quantitative estimate of drug-likeness (QED) is 0.197. The molecule has 0 fully saturated rings. The van der Waals surface area contributed by atoms with Crippen LogP contribution in [0.4, 0.5) is 34.1 Å². The molecule has 0 atom stereocenters. The van der Waals surface area contributed by atoms with E-state index in [1.165, 1.54) is 0 Å². The van der Waals surface area contributed by atoms with E-state index in [0.29, 0.717) is 11.1 Å². The highest BCUT2D eigenvalue weighted by molar-refractivity contribution is 6.53. The number of benzene rings is 6. The lowest BCUT2D eigenvalue weighted by Gasteiger charge is -2.29. The molecule has 1 aliphatic carbocycles. The molecule has 0 aliphatic heterocycles. The van der Waals surface area contributed by atoms with Gasteiger partial charge in [0.15, 0.2) is 0 Å². The maximum atomic E-state index is 13.3. The van der Waals surface area contributed by atoms with Gasteiger partial charge in [-0.15, -0.1) is 0 Å². The Kier molecular flexibility index (Phi) is 6.42. The molecular weight excluding hydrogens is 516 g/mol. The largest absolute Gasteiger partial charge is 0.310 e. The summed E-state index contributed by atoms with van der Waals surface area (Å²) in [6.07, 6.45) is 0. The molecule has 0 saturated heterocycles. The highest BCUT2D eigenvalue weighted by atomic mass is 16.2. The maximum absolute atomic E-state index is 13.3. The second kappa shape index (κ2) is 10.7. The zero-order chi connectivity index (χ0) is 28.5. The van der Waals surface area contributed by atoms with E-state index in [-0.39, 0.29) is 0 Å². The third-order valence-electron chi connectivity index (χ3n) is 7.57. The minimum absolute atomic E-state index is 0.417. The monoisotopic (exact) mass is 542 g/mol. The Morgan fingerprint density at radius 2 is 0.571 bits per heavy atom. The average molecular weight is 543 g/mol. The topological polar surface area (TPSA) is 40.6 Å². The Morgan fingerprint density at radius 1 is 0.286 bits per heavy atom. The Morgan fingerprint density at radius 3 is 0.857 bits per heavy atom. The van der Waals surface area contributed by atoms with Gasteiger partial charge in [-0.1, -0.05) is 72.8 Å². The molecule has 1 aliphatic rings. The van der Waals surface area contributed by atoms with Crippen molar-refractivity contribution in [1.82, 2.24) is 0 Å². The zero-order valence-corrected chi connectivity index (χ0v) is 22.7. The van der Waals surface area contributed by atoms with E-state index in [1.54, 1.807) is 12.1 Å². The second-order valence-corrected chi connectivity index (χ2v) is 10.1. The summed E-state index contributed by atoms with van der Waals surface area (Å²) in [5.74, 6) is -0.962. The summed E-state index contributed by atoms with van der Waals surface area (Å²) in [5, 5.41) is 0. The lowest BCUT2D eigenvalue weighted by molar-refractivity contribution is 0.0815. The van der Waals surface area contributed by atoms with Gasteiger partial charge in [-0.2, -0.15) is 0 Å². The first-order valence-electron chi connectivity index (χ1n) is 13.9. The number of para-hydroxylation sites is 4. The molecule has 0 radical (unpaired) electrons. The third kappa shape index (κ3) is 4.45. The maximum Gasteiger partial charge on any atom is 0.234 e. The standard InChI is InChI=1S/C38H26N2O2/c41-37-33-23-21-31(39(27-13-5-1-6-14-27)28-15-7-2-8-16-28)25-35(33)36-26-32(22-24-34(36)38(37)42)40(29-17-9-3-10-18-29)30-19-11-4-12-20-30/h1-26H. The number of hydrogen-bond donors (Lipinski definition) is 0. The van der Waals surface area contributed by atoms with E-state index in [0.717, 1.165) is 45.3 Å². The van der Waals surface area contributed by atoms with Crippen molar-refractivity contribution in [2.24, 2.45) is 0 Å². The lowest BCUT2D eigenvalue weighted by Crippen LogP contribution is -2.22. The molecule has 0 spiro atoms. The van der Waals surface area contributed by atoms with Crippen LogP contribution in [-0.2, 0) is 0 Å². The molecule has 6 aromatic rings. The fourth-order valence-corrected chi connectivity index (χ4v) is 5.63. The van der Waals surface area contributed by atoms with E-state index in [4.69, 9.17) is 0 Å². The third-order valence-corrected chi connectivity index (χ3v) is 7.57. The lowest BCUT2D eigenvalue weighted by atomic mass is 9.83. The molecule has 0 bridgehead atoms. The molecule has 42 heavy (non-hydrogen) atoms. The zero-order valence-electron chi connectivity index (χ0n) is 22.7. The summed E-state index contributed by atoms with van der Waals surface area (Å²) in [6, 6.07) is 52.0. The van der Waals surface area contributed by atoms with Crippen molar-refractivity contribution in [2.45, 2.75) is 0 Å². The average Bonchev–Trinajstić information content (AvgIpc) is 3.06. The van der Waals surface area contributed by atoms with Crippen molar-refractivity contribution in [2.75, 3.05) is 9.80 Å². The molecule has 4 nitrogen and oxygen atoms in total. The summed E-state index contributed by atoms with van der Waals surface area (Å²) in [6.45, 7) is 0. The SMILES string of the molecule is O=C1C(=O)c2ccc(N(c3ccccc3)c3ccccc3)cc2-c2cc(N(c3ccccc3)c3ccccc3)ccc21. The van der Waals surface area contributed by atoms with Crippen LogP contribution < -0.4 is 9.80 Å². The first kappa shape index (κ1) is 25.2. The van der Waals surface area contributed by atoms with Crippen LogP contribution >= 0.6 is 0 Å². The predicted octanol–water partition coefficient (Wildman–Crippen LogP) is 9.67. The van der Waals surface area contributed by atoms with Crippen LogP contribution in [0.15, 0.2) is 158 Å². The number of hydrogen-bond acceptors (Lipinski definition) is 4. The van der Waals surface area contributed by atoms with E-state index < -0.39 is 11.6 Å². The minimum Gasteiger partial charge on any atom is -0.310 e. The first-order valence-corrected chi connectivity index (χ1v) is 13.9. The van der Waals surface area contributed by atoms with Crippen molar-refractivity contribution in [3.8, 4) is 11.1 Å². The van der Waals surface area contributed by atoms with Gasteiger partial charge in [-0.05, 0) is 96.1 Å². The van der Waals surface area contributed by atoms with Gasteiger partial charge in [-0.25, -0.2) is 0 Å².